The summed E-state index contributed by atoms with van der Waals surface area (Å²) in [7, 11) is 0. The lowest BCUT2D eigenvalue weighted by molar-refractivity contribution is 0.508. The van der Waals surface area contributed by atoms with E-state index < -0.39 is 5.82 Å². The van der Waals surface area contributed by atoms with E-state index in [1.54, 1.807) is 0 Å². The third kappa shape index (κ3) is 4.10. The second kappa shape index (κ2) is 7.12. The van der Waals surface area contributed by atoms with Gasteiger partial charge in [0, 0.05) is 12.6 Å². The first-order valence-electron chi connectivity index (χ1n) is 7.59. The number of halogens is 2. The summed E-state index contributed by atoms with van der Waals surface area (Å²) in [4.78, 5) is 4.24. The minimum Gasteiger partial charge on any atom is -0.369 e. The number of fused-ring (bicyclic) bond motifs is 1. The molecule has 0 saturated carbocycles. The maximum atomic E-state index is 13.6. The largest absolute Gasteiger partial charge is 0.369 e. The Kier molecular flexibility index (Phi) is 5.45. The third-order valence-corrected chi connectivity index (χ3v) is 4.02. The fraction of sp³-hybridized carbons (Fsp3) is 0.562. The lowest BCUT2D eigenvalue weighted by atomic mass is 10.0. The number of unbranched alkanes of at least 4 members (excludes halogenated alkanes) is 3. The van der Waals surface area contributed by atoms with Gasteiger partial charge in [-0.25, -0.2) is 9.37 Å². The number of aryl methyl sites for hydroxylation is 1. The molecular weight excluding hydrogens is 289 g/mol. The van der Waals surface area contributed by atoms with Crippen molar-refractivity contribution in [3.8, 4) is 0 Å². The molecule has 1 aromatic heterocycles. The van der Waals surface area contributed by atoms with Gasteiger partial charge in [-0.3, -0.25) is 0 Å². The van der Waals surface area contributed by atoms with Crippen molar-refractivity contribution in [2.45, 2.75) is 52.5 Å². The average molecular weight is 312 g/mol. The zero-order valence-electron chi connectivity index (χ0n) is 12.7. The summed E-state index contributed by atoms with van der Waals surface area (Å²) in [5, 5.41) is 0.0841. The highest BCUT2D eigenvalue weighted by molar-refractivity contribution is 6.31. The summed E-state index contributed by atoms with van der Waals surface area (Å²) in [5.41, 5.74) is 7.29. The Morgan fingerprint density at radius 1 is 1.24 bits per heavy atom. The van der Waals surface area contributed by atoms with Crippen LogP contribution in [-0.2, 0) is 6.54 Å². The van der Waals surface area contributed by atoms with Gasteiger partial charge >= 0.3 is 0 Å². The Hall–Kier alpha value is -1.29. The third-order valence-electron chi connectivity index (χ3n) is 3.73. The molecule has 0 unspecified atom stereocenters. The van der Waals surface area contributed by atoms with E-state index in [0.29, 0.717) is 11.5 Å². The lowest BCUT2D eigenvalue weighted by Crippen LogP contribution is -2.03. The predicted molar refractivity (Wildman–Crippen MR) is 87.0 cm³/mol. The molecule has 116 valence electrons. The van der Waals surface area contributed by atoms with Crippen molar-refractivity contribution in [2.75, 3.05) is 5.73 Å². The summed E-state index contributed by atoms with van der Waals surface area (Å²) in [6.07, 6.45) is 5.95. The highest BCUT2D eigenvalue weighted by Crippen LogP contribution is 2.25. The molecule has 0 aliphatic heterocycles. The molecule has 2 rings (SSSR count). The van der Waals surface area contributed by atoms with Crippen LogP contribution >= 0.6 is 11.6 Å². The normalized spacial score (nSPS) is 11.7. The van der Waals surface area contributed by atoms with Gasteiger partial charge in [0.05, 0.1) is 16.1 Å². The van der Waals surface area contributed by atoms with Crippen LogP contribution < -0.4 is 5.73 Å². The number of imidazole rings is 1. The van der Waals surface area contributed by atoms with Gasteiger partial charge in [0.25, 0.3) is 0 Å². The summed E-state index contributed by atoms with van der Waals surface area (Å²) >= 11 is 5.77. The number of hydrogen-bond donors (Lipinski definition) is 1. The average Bonchev–Trinajstić information content (AvgIpc) is 2.70. The Labute approximate surface area is 130 Å². The number of anilines is 1. The van der Waals surface area contributed by atoms with Crippen molar-refractivity contribution in [3.05, 3.63) is 23.0 Å². The van der Waals surface area contributed by atoms with Crippen LogP contribution in [0.5, 0.6) is 0 Å². The first kappa shape index (κ1) is 16.1. The molecule has 3 nitrogen and oxygen atoms in total. The van der Waals surface area contributed by atoms with Crippen LogP contribution in [0.2, 0.25) is 5.02 Å². The Bertz CT molecular complexity index is 607. The molecular formula is C16H23ClFN3. The highest BCUT2D eigenvalue weighted by Gasteiger charge is 2.11. The van der Waals surface area contributed by atoms with E-state index >= 15 is 0 Å². The molecule has 2 aromatic rings. The van der Waals surface area contributed by atoms with E-state index in [-0.39, 0.29) is 5.02 Å². The van der Waals surface area contributed by atoms with Gasteiger partial charge in [0.1, 0.15) is 5.82 Å². The van der Waals surface area contributed by atoms with Crippen LogP contribution in [0.4, 0.5) is 10.3 Å². The van der Waals surface area contributed by atoms with Gasteiger partial charge < -0.3 is 10.3 Å². The molecule has 2 N–H and O–H groups in total. The van der Waals surface area contributed by atoms with Crippen LogP contribution in [0.15, 0.2) is 12.1 Å². The predicted octanol–water partition coefficient (Wildman–Crippen LogP) is 5.02. The smallest absolute Gasteiger partial charge is 0.201 e. The zero-order chi connectivity index (χ0) is 15.4. The second-order valence-electron chi connectivity index (χ2n) is 5.97. The van der Waals surface area contributed by atoms with Crippen molar-refractivity contribution in [1.29, 1.82) is 0 Å². The number of hydrogen-bond acceptors (Lipinski definition) is 2. The maximum absolute atomic E-state index is 13.6. The number of rotatable bonds is 7. The van der Waals surface area contributed by atoms with Gasteiger partial charge in [0.15, 0.2) is 0 Å². The minimum absolute atomic E-state index is 0.0841. The van der Waals surface area contributed by atoms with Crippen LogP contribution in [-0.4, -0.2) is 9.55 Å². The van der Waals surface area contributed by atoms with Gasteiger partial charge in [-0.15, -0.1) is 0 Å². The molecule has 0 radical (unpaired) electrons. The van der Waals surface area contributed by atoms with Crippen LogP contribution in [0.3, 0.4) is 0 Å². The molecule has 0 aliphatic rings. The van der Waals surface area contributed by atoms with Crippen molar-refractivity contribution < 1.29 is 4.39 Å². The molecule has 1 aromatic carbocycles. The Balaban J connectivity index is 1.95. The van der Waals surface area contributed by atoms with Gasteiger partial charge in [0.2, 0.25) is 5.95 Å². The van der Waals surface area contributed by atoms with Crippen molar-refractivity contribution in [1.82, 2.24) is 9.55 Å². The Morgan fingerprint density at radius 3 is 2.67 bits per heavy atom. The van der Waals surface area contributed by atoms with E-state index in [1.807, 2.05) is 4.57 Å². The summed E-state index contributed by atoms with van der Waals surface area (Å²) < 4.78 is 15.5. The van der Waals surface area contributed by atoms with Crippen molar-refractivity contribution >= 4 is 28.6 Å². The first-order chi connectivity index (χ1) is 9.99. The first-order valence-corrected chi connectivity index (χ1v) is 7.97. The van der Waals surface area contributed by atoms with Crippen molar-refractivity contribution in [3.63, 3.8) is 0 Å². The molecule has 5 heteroatoms. The van der Waals surface area contributed by atoms with E-state index in [1.165, 1.54) is 31.4 Å². The quantitative estimate of drug-likeness (QED) is 0.730. The minimum atomic E-state index is -0.428. The standard InChI is InChI=1S/C16H23ClFN3/c1-11(2)7-5-3-4-6-8-21-15-10-13(18)12(17)9-14(15)20-16(21)19/h9-11H,3-8H2,1-2H3,(H2,19,20). The van der Waals surface area contributed by atoms with Crippen molar-refractivity contribution in [2.24, 2.45) is 5.92 Å². The van der Waals surface area contributed by atoms with Gasteiger partial charge in [-0.1, -0.05) is 51.1 Å². The van der Waals surface area contributed by atoms with E-state index in [2.05, 4.69) is 18.8 Å². The number of nitrogens with zero attached hydrogens (tertiary/aromatic N) is 2. The maximum Gasteiger partial charge on any atom is 0.201 e. The number of benzene rings is 1. The molecule has 0 fully saturated rings. The molecule has 0 aliphatic carbocycles. The van der Waals surface area contributed by atoms with E-state index in [9.17, 15) is 4.39 Å². The van der Waals surface area contributed by atoms with Gasteiger partial charge in [-0.05, 0) is 18.4 Å². The summed E-state index contributed by atoms with van der Waals surface area (Å²) in [6, 6.07) is 2.95. The Morgan fingerprint density at radius 2 is 1.95 bits per heavy atom. The molecule has 0 atom stereocenters. The van der Waals surface area contributed by atoms with Gasteiger partial charge in [-0.2, -0.15) is 0 Å². The van der Waals surface area contributed by atoms with Crippen LogP contribution in [0.1, 0.15) is 46.0 Å². The summed E-state index contributed by atoms with van der Waals surface area (Å²) in [5.74, 6) is 0.766. The van der Waals surface area contributed by atoms with E-state index in [4.69, 9.17) is 17.3 Å². The van der Waals surface area contributed by atoms with E-state index in [0.717, 1.165) is 30.8 Å². The molecule has 0 saturated heterocycles. The molecule has 21 heavy (non-hydrogen) atoms. The lowest BCUT2D eigenvalue weighted by Gasteiger charge is -2.07. The SMILES string of the molecule is CC(C)CCCCCCn1c(N)nc2cc(Cl)c(F)cc21. The summed E-state index contributed by atoms with van der Waals surface area (Å²) in [6.45, 7) is 5.26. The fourth-order valence-electron chi connectivity index (χ4n) is 2.55. The zero-order valence-corrected chi connectivity index (χ0v) is 13.5. The molecule has 0 amide bonds. The van der Waals surface area contributed by atoms with Crippen LogP contribution in [0, 0.1) is 11.7 Å². The second-order valence-corrected chi connectivity index (χ2v) is 6.38. The number of nitrogens with two attached hydrogens (primary N) is 1. The number of aromatic nitrogens is 2. The molecule has 1 heterocycles. The molecule has 0 spiro atoms. The highest BCUT2D eigenvalue weighted by atomic mass is 35.5. The topological polar surface area (TPSA) is 43.8 Å². The number of nitrogen functional groups attached to an aromatic ring is 1. The fourth-order valence-corrected chi connectivity index (χ4v) is 2.71. The van der Waals surface area contributed by atoms with Crippen LogP contribution in [0.25, 0.3) is 11.0 Å². The molecule has 0 bridgehead atoms. The monoisotopic (exact) mass is 311 g/mol.